The fourth-order valence-corrected chi connectivity index (χ4v) is 1.66. The van der Waals surface area contributed by atoms with E-state index in [9.17, 15) is 10.1 Å². The summed E-state index contributed by atoms with van der Waals surface area (Å²) in [5.41, 5.74) is 0.307. The number of ether oxygens (including phenoxy) is 1. The van der Waals surface area contributed by atoms with E-state index in [1.165, 1.54) is 36.5 Å². The molecule has 0 spiro atoms. The van der Waals surface area contributed by atoms with Crippen LogP contribution in [0.25, 0.3) is 0 Å². The summed E-state index contributed by atoms with van der Waals surface area (Å²) >= 11 is 3.23. The van der Waals surface area contributed by atoms with Gasteiger partial charge in [-0.15, -0.1) is 0 Å². The molecule has 19 heavy (non-hydrogen) atoms. The van der Waals surface area contributed by atoms with Crippen molar-refractivity contribution in [1.29, 1.82) is 5.26 Å². The van der Waals surface area contributed by atoms with Crippen molar-refractivity contribution in [3.63, 3.8) is 0 Å². The molecule has 0 aliphatic heterocycles. The van der Waals surface area contributed by atoms with E-state index < -0.39 is 4.92 Å². The molecular weight excluding hydrogens is 314 g/mol. The minimum Gasteiger partial charge on any atom is -0.438 e. The molecule has 1 heterocycles. The zero-order valence-corrected chi connectivity index (χ0v) is 11.0. The van der Waals surface area contributed by atoms with Crippen LogP contribution in [0.4, 0.5) is 5.69 Å². The van der Waals surface area contributed by atoms with Crippen LogP contribution in [0.3, 0.4) is 0 Å². The summed E-state index contributed by atoms with van der Waals surface area (Å²) in [6.45, 7) is 0. The highest BCUT2D eigenvalue weighted by atomic mass is 79.9. The Morgan fingerprint density at radius 2 is 2.16 bits per heavy atom. The van der Waals surface area contributed by atoms with Crippen LogP contribution in [0.15, 0.2) is 41.0 Å². The summed E-state index contributed by atoms with van der Waals surface area (Å²) in [5.74, 6) is 0.456. The Hall–Kier alpha value is -2.46. The Morgan fingerprint density at radius 3 is 2.84 bits per heavy atom. The van der Waals surface area contributed by atoms with Gasteiger partial charge in [0.15, 0.2) is 5.75 Å². The molecular formula is C12H6BrN3O3. The summed E-state index contributed by atoms with van der Waals surface area (Å²) in [6.07, 6.45) is 1.43. The standard InChI is InChI=1S/C12H6BrN3O3/c13-10-2-1-9(16(17)18)6-11(10)19-12-5-8(7-14)3-4-15-12/h1-6H. The third-order valence-corrected chi connectivity index (χ3v) is 2.86. The van der Waals surface area contributed by atoms with E-state index in [0.29, 0.717) is 10.0 Å². The lowest BCUT2D eigenvalue weighted by Crippen LogP contribution is -1.92. The van der Waals surface area contributed by atoms with Crippen LogP contribution >= 0.6 is 15.9 Å². The van der Waals surface area contributed by atoms with Crippen molar-refractivity contribution in [2.24, 2.45) is 0 Å². The number of hydrogen-bond donors (Lipinski definition) is 0. The molecule has 7 heteroatoms. The van der Waals surface area contributed by atoms with Crippen molar-refractivity contribution in [2.45, 2.75) is 0 Å². The second-order valence-corrected chi connectivity index (χ2v) is 4.32. The Kier molecular flexibility index (Phi) is 3.73. The minimum absolute atomic E-state index is 0.0883. The van der Waals surface area contributed by atoms with Gasteiger partial charge < -0.3 is 4.74 Å². The van der Waals surface area contributed by atoms with E-state index in [-0.39, 0.29) is 17.3 Å². The second-order valence-electron chi connectivity index (χ2n) is 3.47. The Morgan fingerprint density at radius 1 is 1.37 bits per heavy atom. The predicted octanol–water partition coefficient (Wildman–Crippen LogP) is 3.42. The van der Waals surface area contributed by atoms with Gasteiger partial charge in [-0.2, -0.15) is 5.26 Å². The van der Waals surface area contributed by atoms with Gasteiger partial charge in [-0.25, -0.2) is 4.98 Å². The van der Waals surface area contributed by atoms with Gasteiger partial charge >= 0.3 is 0 Å². The lowest BCUT2D eigenvalue weighted by atomic mass is 10.3. The number of hydrogen-bond acceptors (Lipinski definition) is 5. The molecule has 0 radical (unpaired) electrons. The molecule has 0 fully saturated rings. The quantitative estimate of drug-likeness (QED) is 0.638. The first kappa shape index (κ1) is 13.0. The number of pyridine rings is 1. The average molecular weight is 320 g/mol. The van der Waals surface area contributed by atoms with Gasteiger partial charge in [0.2, 0.25) is 5.88 Å². The van der Waals surface area contributed by atoms with Crippen molar-refractivity contribution in [2.75, 3.05) is 0 Å². The van der Waals surface area contributed by atoms with E-state index in [2.05, 4.69) is 20.9 Å². The van der Waals surface area contributed by atoms with Gasteiger partial charge in [0.1, 0.15) is 0 Å². The van der Waals surface area contributed by atoms with Crippen LogP contribution in [0, 0.1) is 21.4 Å². The number of nitriles is 1. The van der Waals surface area contributed by atoms with Crippen LogP contribution in [-0.4, -0.2) is 9.91 Å². The number of nitro groups is 1. The Bertz CT molecular complexity index is 682. The number of non-ortho nitro benzene ring substituents is 1. The lowest BCUT2D eigenvalue weighted by Gasteiger charge is -2.06. The molecule has 0 N–H and O–H groups in total. The third kappa shape index (κ3) is 3.05. The molecule has 0 unspecified atom stereocenters. The van der Waals surface area contributed by atoms with Crippen LogP contribution in [0.2, 0.25) is 0 Å². The maximum absolute atomic E-state index is 10.7. The predicted molar refractivity (Wildman–Crippen MR) is 69.8 cm³/mol. The van der Waals surface area contributed by atoms with Gasteiger partial charge in [-0.1, -0.05) is 0 Å². The van der Waals surface area contributed by atoms with E-state index >= 15 is 0 Å². The molecule has 0 saturated carbocycles. The smallest absolute Gasteiger partial charge is 0.273 e. The second kappa shape index (κ2) is 5.46. The minimum atomic E-state index is -0.515. The highest BCUT2D eigenvalue weighted by Gasteiger charge is 2.11. The number of aromatic nitrogens is 1. The molecule has 94 valence electrons. The van der Waals surface area contributed by atoms with Gasteiger partial charge in [0.05, 0.1) is 27.1 Å². The van der Waals surface area contributed by atoms with E-state index in [1.807, 2.05) is 6.07 Å². The van der Waals surface area contributed by atoms with Crippen LogP contribution in [0.5, 0.6) is 11.6 Å². The van der Waals surface area contributed by atoms with Crippen LogP contribution in [0.1, 0.15) is 5.56 Å². The largest absolute Gasteiger partial charge is 0.438 e. The molecule has 0 amide bonds. The summed E-state index contributed by atoms with van der Waals surface area (Å²) in [7, 11) is 0. The van der Waals surface area contributed by atoms with Gasteiger partial charge in [-0.05, 0) is 28.1 Å². The average Bonchev–Trinajstić information content (AvgIpc) is 2.41. The number of nitro benzene ring substituents is 1. The molecule has 1 aromatic carbocycles. The Labute approximate surface area is 116 Å². The van der Waals surface area contributed by atoms with E-state index in [4.69, 9.17) is 10.00 Å². The first-order valence-corrected chi connectivity index (χ1v) is 5.87. The fourth-order valence-electron chi connectivity index (χ4n) is 1.33. The zero-order valence-electron chi connectivity index (χ0n) is 9.41. The zero-order chi connectivity index (χ0) is 13.8. The molecule has 1 aromatic heterocycles. The molecule has 0 bridgehead atoms. The molecule has 0 aliphatic carbocycles. The summed E-state index contributed by atoms with van der Waals surface area (Å²) in [6, 6.07) is 9.10. The van der Waals surface area contributed by atoms with Crippen LogP contribution in [-0.2, 0) is 0 Å². The highest BCUT2D eigenvalue weighted by Crippen LogP contribution is 2.32. The highest BCUT2D eigenvalue weighted by molar-refractivity contribution is 9.10. The molecule has 6 nitrogen and oxygen atoms in total. The number of halogens is 1. The normalized spacial score (nSPS) is 9.68. The molecule has 2 aromatic rings. The van der Waals surface area contributed by atoms with Crippen molar-refractivity contribution < 1.29 is 9.66 Å². The van der Waals surface area contributed by atoms with E-state index in [0.717, 1.165) is 0 Å². The van der Waals surface area contributed by atoms with Gasteiger partial charge in [-0.3, -0.25) is 10.1 Å². The third-order valence-electron chi connectivity index (χ3n) is 2.20. The maximum atomic E-state index is 10.7. The fraction of sp³-hybridized carbons (Fsp3) is 0. The molecule has 0 atom stereocenters. The van der Waals surface area contributed by atoms with Crippen molar-refractivity contribution in [3.8, 4) is 17.7 Å². The van der Waals surface area contributed by atoms with Crippen molar-refractivity contribution >= 4 is 21.6 Å². The summed E-state index contributed by atoms with van der Waals surface area (Å²) < 4.78 is 5.99. The number of benzene rings is 1. The molecule has 2 rings (SSSR count). The summed E-state index contributed by atoms with van der Waals surface area (Å²) in [4.78, 5) is 14.1. The topological polar surface area (TPSA) is 89.0 Å². The summed E-state index contributed by atoms with van der Waals surface area (Å²) in [5, 5.41) is 19.5. The van der Waals surface area contributed by atoms with Gasteiger partial charge in [0.25, 0.3) is 5.69 Å². The van der Waals surface area contributed by atoms with E-state index in [1.54, 1.807) is 0 Å². The van der Waals surface area contributed by atoms with Gasteiger partial charge in [0, 0.05) is 18.3 Å². The number of rotatable bonds is 3. The SMILES string of the molecule is N#Cc1ccnc(Oc2cc([N+](=O)[O-])ccc2Br)c1. The molecule has 0 aliphatic rings. The maximum Gasteiger partial charge on any atom is 0.273 e. The monoisotopic (exact) mass is 319 g/mol. The first-order valence-electron chi connectivity index (χ1n) is 5.08. The van der Waals surface area contributed by atoms with Crippen molar-refractivity contribution in [3.05, 3.63) is 56.7 Å². The molecule has 0 saturated heterocycles. The van der Waals surface area contributed by atoms with Crippen molar-refractivity contribution in [1.82, 2.24) is 4.98 Å². The first-order chi connectivity index (χ1) is 9.10. The van der Waals surface area contributed by atoms with Crippen LogP contribution < -0.4 is 4.74 Å². The lowest BCUT2D eigenvalue weighted by molar-refractivity contribution is -0.384. The Balaban J connectivity index is 2.34. The number of nitrogens with zero attached hydrogens (tertiary/aromatic N) is 3.